The summed E-state index contributed by atoms with van der Waals surface area (Å²) in [6.45, 7) is 6.69. The molecule has 0 saturated heterocycles. The molecule has 134 valence electrons. The minimum absolute atomic E-state index is 0.167. The van der Waals surface area contributed by atoms with Gasteiger partial charge in [0.25, 0.3) is 5.91 Å². The first-order valence-electron chi connectivity index (χ1n) is 8.42. The molecular formula is C18H24N4O3. The topological polar surface area (TPSA) is 85.2 Å². The zero-order valence-electron chi connectivity index (χ0n) is 14.8. The van der Waals surface area contributed by atoms with Crippen LogP contribution in [-0.2, 0) is 11.3 Å². The Labute approximate surface area is 147 Å². The fourth-order valence-corrected chi connectivity index (χ4v) is 2.28. The molecule has 0 bridgehead atoms. The lowest BCUT2D eigenvalue weighted by atomic mass is 10.2. The summed E-state index contributed by atoms with van der Waals surface area (Å²) < 4.78 is 7.31. The molecule has 1 aromatic heterocycles. The van der Waals surface area contributed by atoms with Crippen LogP contribution in [0.2, 0.25) is 0 Å². The van der Waals surface area contributed by atoms with Crippen molar-refractivity contribution in [2.75, 3.05) is 17.2 Å². The molecule has 1 aromatic carbocycles. The SMILES string of the molecule is CCCOc1nn(CCC)cc1C(=O)Nc1cccc(NC(C)=O)c1. The van der Waals surface area contributed by atoms with E-state index in [4.69, 9.17) is 4.74 Å². The summed E-state index contributed by atoms with van der Waals surface area (Å²) in [7, 11) is 0. The smallest absolute Gasteiger partial charge is 0.262 e. The Bertz CT molecular complexity index is 740. The van der Waals surface area contributed by atoms with E-state index in [1.807, 2.05) is 13.8 Å². The van der Waals surface area contributed by atoms with E-state index in [0.29, 0.717) is 36.0 Å². The number of nitrogens with one attached hydrogen (secondary N) is 2. The van der Waals surface area contributed by atoms with Crippen molar-refractivity contribution in [3.63, 3.8) is 0 Å². The second kappa shape index (κ2) is 8.86. The van der Waals surface area contributed by atoms with Gasteiger partial charge >= 0.3 is 0 Å². The Morgan fingerprint density at radius 3 is 2.52 bits per heavy atom. The van der Waals surface area contributed by atoms with Crippen molar-refractivity contribution in [2.45, 2.75) is 40.2 Å². The summed E-state index contributed by atoms with van der Waals surface area (Å²) in [5.74, 6) is -0.126. The normalized spacial score (nSPS) is 10.4. The average molecular weight is 344 g/mol. The fraction of sp³-hybridized carbons (Fsp3) is 0.389. The predicted molar refractivity (Wildman–Crippen MR) is 97.0 cm³/mol. The lowest BCUT2D eigenvalue weighted by Crippen LogP contribution is -2.13. The average Bonchev–Trinajstić information content (AvgIpc) is 2.96. The van der Waals surface area contributed by atoms with Crippen molar-refractivity contribution >= 4 is 23.2 Å². The van der Waals surface area contributed by atoms with Crippen LogP contribution in [0.1, 0.15) is 44.0 Å². The molecule has 0 aliphatic heterocycles. The number of ether oxygens (including phenoxy) is 1. The van der Waals surface area contributed by atoms with Crippen LogP contribution in [0.5, 0.6) is 5.88 Å². The standard InChI is InChI=1S/C18H24N4O3/c1-4-9-22-12-16(18(21-22)25-10-5-2)17(24)20-15-8-6-7-14(11-15)19-13(3)23/h6-8,11-12H,4-5,9-10H2,1-3H3,(H,19,23)(H,20,24). The number of anilines is 2. The zero-order valence-corrected chi connectivity index (χ0v) is 14.8. The van der Waals surface area contributed by atoms with Gasteiger partial charge in [-0.05, 0) is 31.0 Å². The molecule has 7 nitrogen and oxygen atoms in total. The van der Waals surface area contributed by atoms with Crippen LogP contribution in [-0.4, -0.2) is 28.2 Å². The summed E-state index contributed by atoms with van der Waals surface area (Å²) in [4.78, 5) is 23.8. The van der Waals surface area contributed by atoms with Crippen molar-refractivity contribution < 1.29 is 14.3 Å². The molecule has 0 saturated carbocycles. The molecule has 7 heteroatoms. The number of nitrogens with zero attached hydrogens (tertiary/aromatic N) is 2. The van der Waals surface area contributed by atoms with Crippen LogP contribution < -0.4 is 15.4 Å². The van der Waals surface area contributed by atoms with Gasteiger partial charge in [0, 0.05) is 31.0 Å². The molecule has 0 atom stereocenters. The Balaban J connectivity index is 2.17. The summed E-state index contributed by atoms with van der Waals surface area (Å²) in [5.41, 5.74) is 1.60. The number of hydrogen-bond acceptors (Lipinski definition) is 4. The van der Waals surface area contributed by atoms with Crippen molar-refractivity contribution in [2.24, 2.45) is 0 Å². The molecule has 1 heterocycles. The molecule has 0 unspecified atom stereocenters. The Morgan fingerprint density at radius 2 is 1.88 bits per heavy atom. The first-order valence-corrected chi connectivity index (χ1v) is 8.42. The highest BCUT2D eigenvalue weighted by Gasteiger charge is 2.18. The van der Waals surface area contributed by atoms with Gasteiger partial charge in [0.15, 0.2) is 0 Å². The third-order valence-corrected chi connectivity index (χ3v) is 3.31. The van der Waals surface area contributed by atoms with Gasteiger partial charge in [-0.15, -0.1) is 5.10 Å². The maximum absolute atomic E-state index is 12.6. The summed E-state index contributed by atoms with van der Waals surface area (Å²) in [6.07, 6.45) is 3.44. The first kappa shape index (κ1) is 18.5. The number of benzene rings is 1. The lowest BCUT2D eigenvalue weighted by molar-refractivity contribution is -0.114. The van der Waals surface area contributed by atoms with Crippen LogP contribution in [0.25, 0.3) is 0 Å². The van der Waals surface area contributed by atoms with Gasteiger partial charge in [0.2, 0.25) is 11.8 Å². The quantitative estimate of drug-likeness (QED) is 0.769. The van der Waals surface area contributed by atoms with Crippen molar-refractivity contribution in [3.05, 3.63) is 36.0 Å². The summed E-state index contributed by atoms with van der Waals surface area (Å²) in [6, 6.07) is 6.97. The lowest BCUT2D eigenvalue weighted by Gasteiger charge is -2.08. The fourth-order valence-electron chi connectivity index (χ4n) is 2.28. The van der Waals surface area contributed by atoms with Crippen LogP contribution in [0.15, 0.2) is 30.5 Å². The molecule has 0 spiro atoms. The highest BCUT2D eigenvalue weighted by molar-refractivity contribution is 6.06. The highest BCUT2D eigenvalue weighted by atomic mass is 16.5. The van der Waals surface area contributed by atoms with E-state index in [0.717, 1.165) is 12.8 Å². The largest absolute Gasteiger partial charge is 0.476 e. The third kappa shape index (κ3) is 5.34. The van der Waals surface area contributed by atoms with Gasteiger partial charge in [-0.25, -0.2) is 0 Å². The molecule has 2 rings (SSSR count). The third-order valence-electron chi connectivity index (χ3n) is 3.31. The molecule has 2 aromatic rings. The van der Waals surface area contributed by atoms with Gasteiger partial charge < -0.3 is 15.4 Å². The minimum Gasteiger partial charge on any atom is -0.476 e. The van der Waals surface area contributed by atoms with E-state index in [-0.39, 0.29) is 11.8 Å². The number of carbonyl (C=O) groups is 2. The molecule has 0 aliphatic carbocycles. The Morgan fingerprint density at radius 1 is 1.16 bits per heavy atom. The van der Waals surface area contributed by atoms with Gasteiger partial charge in [0.05, 0.1) is 6.61 Å². The Hall–Kier alpha value is -2.83. The summed E-state index contributed by atoms with van der Waals surface area (Å²) in [5, 5.41) is 9.84. The maximum atomic E-state index is 12.6. The highest BCUT2D eigenvalue weighted by Crippen LogP contribution is 2.20. The molecule has 0 aliphatic rings. The Kier molecular flexibility index (Phi) is 6.56. The molecular weight excluding hydrogens is 320 g/mol. The monoisotopic (exact) mass is 344 g/mol. The van der Waals surface area contributed by atoms with Gasteiger partial charge in [0.1, 0.15) is 5.56 Å². The molecule has 0 radical (unpaired) electrons. The number of carbonyl (C=O) groups excluding carboxylic acids is 2. The van der Waals surface area contributed by atoms with Crippen LogP contribution >= 0.6 is 0 Å². The molecule has 2 amide bonds. The van der Waals surface area contributed by atoms with Gasteiger partial charge in [-0.2, -0.15) is 0 Å². The van der Waals surface area contributed by atoms with Gasteiger partial charge in [-0.1, -0.05) is 19.9 Å². The molecule has 2 N–H and O–H groups in total. The summed E-state index contributed by atoms with van der Waals surface area (Å²) >= 11 is 0. The van der Waals surface area contributed by atoms with E-state index >= 15 is 0 Å². The minimum atomic E-state index is -0.298. The second-order valence-corrected chi connectivity index (χ2v) is 5.68. The van der Waals surface area contributed by atoms with Gasteiger partial charge in [-0.3, -0.25) is 14.3 Å². The number of aromatic nitrogens is 2. The first-order chi connectivity index (χ1) is 12.0. The number of hydrogen-bond donors (Lipinski definition) is 2. The maximum Gasteiger partial charge on any atom is 0.262 e. The van der Waals surface area contributed by atoms with Crippen LogP contribution in [0, 0.1) is 0 Å². The molecule has 25 heavy (non-hydrogen) atoms. The van der Waals surface area contributed by atoms with Crippen molar-refractivity contribution in [1.82, 2.24) is 9.78 Å². The van der Waals surface area contributed by atoms with E-state index in [2.05, 4.69) is 15.7 Å². The van der Waals surface area contributed by atoms with E-state index in [9.17, 15) is 9.59 Å². The second-order valence-electron chi connectivity index (χ2n) is 5.68. The predicted octanol–water partition coefficient (Wildman–Crippen LogP) is 3.29. The zero-order chi connectivity index (χ0) is 18.2. The van der Waals surface area contributed by atoms with E-state index in [1.54, 1.807) is 35.1 Å². The van der Waals surface area contributed by atoms with E-state index < -0.39 is 0 Å². The molecule has 0 fully saturated rings. The van der Waals surface area contributed by atoms with Crippen molar-refractivity contribution in [1.29, 1.82) is 0 Å². The number of amides is 2. The van der Waals surface area contributed by atoms with Crippen LogP contribution in [0.4, 0.5) is 11.4 Å². The van der Waals surface area contributed by atoms with E-state index in [1.165, 1.54) is 6.92 Å². The number of aryl methyl sites for hydroxylation is 1. The number of rotatable bonds is 8. The van der Waals surface area contributed by atoms with Crippen molar-refractivity contribution in [3.8, 4) is 5.88 Å². The van der Waals surface area contributed by atoms with Crippen LogP contribution in [0.3, 0.4) is 0 Å².